The van der Waals surface area contributed by atoms with Gasteiger partial charge in [-0.2, -0.15) is 0 Å². The minimum Gasteiger partial charge on any atom is -0.495 e. The lowest BCUT2D eigenvalue weighted by molar-refractivity contribution is 0.415. The molecule has 3 aromatic rings. The van der Waals surface area contributed by atoms with E-state index in [1.807, 2.05) is 30.4 Å². The molecule has 0 fully saturated rings. The molecule has 0 saturated carbocycles. The Balaban J connectivity index is 1.74. The zero-order valence-corrected chi connectivity index (χ0v) is 17.5. The smallest absolute Gasteiger partial charge is 0.137 e. The van der Waals surface area contributed by atoms with Gasteiger partial charge < -0.3 is 9.47 Å². The van der Waals surface area contributed by atoms with E-state index in [0.717, 1.165) is 16.7 Å². The van der Waals surface area contributed by atoms with E-state index < -0.39 is 0 Å². The van der Waals surface area contributed by atoms with Gasteiger partial charge in [-0.3, -0.25) is 0 Å². The summed E-state index contributed by atoms with van der Waals surface area (Å²) >= 11 is 12.2. The molecule has 148 valence electrons. The second-order valence-corrected chi connectivity index (χ2v) is 7.05. The SMILES string of the molecule is COc1ccc(/C=C/c2ccc(/C=C/c3ccc(OC)c(Cl)c3)c(F)c2)cc1Cl. The van der Waals surface area contributed by atoms with Crippen molar-refractivity contribution in [1.82, 2.24) is 0 Å². The molecule has 3 rings (SSSR count). The minimum atomic E-state index is -0.309. The lowest BCUT2D eigenvalue weighted by atomic mass is 10.1. The van der Waals surface area contributed by atoms with Crippen molar-refractivity contribution < 1.29 is 13.9 Å². The van der Waals surface area contributed by atoms with E-state index in [0.29, 0.717) is 27.1 Å². The topological polar surface area (TPSA) is 18.5 Å². The van der Waals surface area contributed by atoms with Crippen LogP contribution in [0.4, 0.5) is 4.39 Å². The van der Waals surface area contributed by atoms with Crippen LogP contribution in [-0.2, 0) is 0 Å². The number of hydrogen-bond acceptors (Lipinski definition) is 2. The van der Waals surface area contributed by atoms with E-state index in [-0.39, 0.29) is 5.82 Å². The Hall–Kier alpha value is -2.75. The first-order valence-corrected chi connectivity index (χ1v) is 9.58. The number of rotatable bonds is 6. The minimum absolute atomic E-state index is 0.309. The average Bonchev–Trinajstić information content (AvgIpc) is 2.71. The second kappa shape index (κ2) is 9.64. The molecule has 0 aromatic heterocycles. The van der Waals surface area contributed by atoms with Gasteiger partial charge in [0.15, 0.2) is 0 Å². The van der Waals surface area contributed by atoms with E-state index in [1.54, 1.807) is 56.7 Å². The third-order valence-electron chi connectivity index (χ3n) is 4.30. The summed E-state index contributed by atoms with van der Waals surface area (Å²) in [6.07, 6.45) is 7.22. The van der Waals surface area contributed by atoms with Crippen molar-refractivity contribution in [1.29, 1.82) is 0 Å². The molecule has 0 radical (unpaired) electrons. The van der Waals surface area contributed by atoms with Crippen molar-refractivity contribution >= 4 is 47.5 Å². The monoisotopic (exact) mass is 428 g/mol. The van der Waals surface area contributed by atoms with Gasteiger partial charge in [-0.15, -0.1) is 0 Å². The van der Waals surface area contributed by atoms with Crippen LogP contribution < -0.4 is 9.47 Å². The number of benzene rings is 3. The van der Waals surface area contributed by atoms with Gasteiger partial charge in [-0.25, -0.2) is 4.39 Å². The summed E-state index contributed by atoms with van der Waals surface area (Å²) in [7, 11) is 3.13. The number of methoxy groups -OCH3 is 2. The summed E-state index contributed by atoms with van der Waals surface area (Å²) in [5.74, 6) is 0.907. The summed E-state index contributed by atoms with van der Waals surface area (Å²) in [5.41, 5.74) is 2.99. The predicted molar refractivity (Wildman–Crippen MR) is 120 cm³/mol. The van der Waals surface area contributed by atoms with Crippen molar-refractivity contribution in [3.63, 3.8) is 0 Å². The molecule has 0 amide bonds. The fourth-order valence-electron chi connectivity index (χ4n) is 2.73. The highest BCUT2D eigenvalue weighted by Gasteiger charge is 2.03. The van der Waals surface area contributed by atoms with E-state index in [2.05, 4.69) is 0 Å². The first kappa shape index (κ1) is 21.0. The summed E-state index contributed by atoms with van der Waals surface area (Å²) in [4.78, 5) is 0. The molecule has 0 unspecified atom stereocenters. The summed E-state index contributed by atoms with van der Waals surface area (Å²) < 4.78 is 24.7. The molecule has 0 aliphatic heterocycles. The van der Waals surface area contributed by atoms with Crippen LogP contribution in [0.25, 0.3) is 24.3 Å². The van der Waals surface area contributed by atoms with Crippen LogP contribution in [0.3, 0.4) is 0 Å². The number of halogens is 3. The molecule has 0 aliphatic rings. The van der Waals surface area contributed by atoms with Crippen LogP contribution in [0, 0.1) is 5.82 Å². The Morgan fingerprint density at radius 2 is 1.10 bits per heavy atom. The van der Waals surface area contributed by atoms with Gasteiger partial charge in [0.05, 0.1) is 24.3 Å². The summed E-state index contributed by atoms with van der Waals surface area (Å²) in [6.45, 7) is 0. The van der Waals surface area contributed by atoms with Crippen LogP contribution in [0.1, 0.15) is 22.3 Å². The number of hydrogen-bond donors (Lipinski definition) is 0. The Labute approximate surface area is 179 Å². The van der Waals surface area contributed by atoms with Gasteiger partial charge in [0.1, 0.15) is 17.3 Å². The maximum Gasteiger partial charge on any atom is 0.137 e. The molecule has 2 nitrogen and oxygen atoms in total. The van der Waals surface area contributed by atoms with Crippen molar-refractivity contribution in [2.45, 2.75) is 0 Å². The molecular formula is C24H19Cl2FO2. The van der Waals surface area contributed by atoms with Gasteiger partial charge in [-0.1, -0.05) is 71.8 Å². The van der Waals surface area contributed by atoms with E-state index >= 15 is 0 Å². The average molecular weight is 429 g/mol. The van der Waals surface area contributed by atoms with Crippen molar-refractivity contribution in [2.75, 3.05) is 14.2 Å². The van der Waals surface area contributed by atoms with Gasteiger partial charge in [-0.05, 0) is 47.0 Å². The molecule has 0 saturated heterocycles. The second-order valence-electron chi connectivity index (χ2n) is 6.24. The summed E-state index contributed by atoms with van der Waals surface area (Å²) in [6, 6.07) is 16.0. The van der Waals surface area contributed by atoms with E-state index in [9.17, 15) is 4.39 Å². The van der Waals surface area contributed by atoms with Crippen molar-refractivity contribution in [3.8, 4) is 11.5 Å². The van der Waals surface area contributed by atoms with Crippen LogP contribution in [0.2, 0.25) is 10.0 Å². The zero-order valence-electron chi connectivity index (χ0n) is 16.0. The highest BCUT2D eigenvalue weighted by atomic mass is 35.5. The zero-order chi connectivity index (χ0) is 20.8. The quantitative estimate of drug-likeness (QED) is 0.378. The first-order chi connectivity index (χ1) is 14.0. The van der Waals surface area contributed by atoms with Crippen molar-refractivity contribution in [3.05, 3.63) is 92.7 Å². The Morgan fingerprint density at radius 1 is 0.655 bits per heavy atom. The van der Waals surface area contributed by atoms with E-state index in [1.165, 1.54) is 6.07 Å². The van der Waals surface area contributed by atoms with Crippen LogP contribution in [0.15, 0.2) is 54.6 Å². The maximum absolute atomic E-state index is 14.5. The predicted octanol–water partition coefficient (Wildman–Crippen LogP) is 7.49. The third kappa shape index (κ3) is 5.41. The fourth-order valence-corrected chi connectivity index (χ4v) is 3.27. The molecule has 5 heteroatoms. The largest absolute Gasteiger partial charge is 0.495 e. The fraction of sp³-hybridized carbons (Fsp3) is 0.0833. The van der Waals surface area contributed by atoms with Crippen LogP contribution in [0.5, 0.6) is 11.5 Å². The van der Waals surface area contributed by atoms with Crippen molar-refractivity contribution in [2.24, 2.45) is 0 Å². The highest BCUT2D eigenvalue weighted by Crippen LogP contribution is 2.27. The molecule has 0 atom stereocenters. The van der Waals surface area contributed by atoms with Gasteiger partial charge in [0, 0.05) is 5.56 Å². The summed E-state index contributed by atoms with van der Waals surface area (Å²) in [5, 5.41) is 1.04. The maximum atomic E-state index is 14.5. The van der Waals surface area contributed by atoms with Gasteiger partial charge >= 0.3 is 0 Å². The Kier molecular flexibility index (Phi) is 6.97. The molecule has 0 aliphatic carbocycles. The van der Waals surface area contributed by atoms with Crippen LogP contribution in [-0.4, -0.2) is 14.2 Å². The molecular weight excluding hydrogens is 410 g/mol. The molecule has 0 bridgehead atoms. The molecule has 3 aromatic carbocycles. The molecule has 0 spiro atoms. The molecule has 0 heterocycles. The van der Waals surface area contributed by atoms with E-state index in [4.69, 9.17) is 32.7 Å². The Morgan fingerprint density at radius 3 is 1.55 bits per heavy atom. The molecule has 0 N–H and O–H groups in total. The lowest BCUT2D eigenvalue weighted by Crippen LogP contribution is -1.85. The van der Waals surface area contributed by atoms with Gasteiger partial charge in [0.25, 0.3) is 0 Å². The lowest BCUT2D eigenvalue weighted by Gasteiger charge is -2.04. The Bertz CT molecular complexity index is 1070. The highest BCUT2D eigenvalue weighted by molar-refractivity contribution is 6.32. The van der Waals surface area contributed by atoms with Gasteiger partial charge in [0.2, 0.25) is 0 Å². The molecule has 29 heavy (non-hydrogen) atoms. The van der Waals surface area contributed by atoms with Crippen LogP contribution >= 0.6 is 23.2 Å². The number of ether oxygens (including phenoxy) is 2. The normalized spacial score (nSPS) is 11.3. The third-order valence-corrected chi connectivity index (χ3v) is 4.89. The first-order valence-electron chi connectivity index (χ1n) is 8.83. The standard InChI is InChI=1S/C24H19Cl2FO2/c1-28-23-11-7-16(13-20(23)25)3-4-18-6-10-19(22(27)15-18)9-5-17-8-12-24(29-2)21(26)14-17/h3-15H,1-2H3/b4-3+,9-5+.